The number of nitrogens with zero attached hydrogens (tertiary/aromatic N) is 1. The normalized spacial score (nSPS) is 17.0. The van der Waals surface area contributed by atoms with Crippen molar-refractivity contribution in [2.75, 3.05) is 26.7 Å². The van der Waals surface area contributed by atoms with E-state index in [4.69, 9.17) is 23.2 Å². The highest BCUT2D eigenvalue weighted by atomic mass is 35.5. The van der Waals surface area contributed by atoms with Crippen molar-refractivity contribution in [3.05, 3.63) is 33.6 Å². The van der Waals surface area contributed by atoms with Crippen LogP contribution in [-0.2, 0) is 6.54 Å². The van der Waals surface area contributed by atoms with Gasteiger partial charge in [-0.1, -0.05) is 29.3 Å². The maximum atomic E-state index is 13.2. The van der Waals surface area contributed by atoms with Gasteiger partial charge in [0.1, 0.15) is 5.82 Å². The maximum absolute atomic E-state index is 13.2. The zero-order chi connectivity index (χ0) is 13.8. The first-order valence-corrected chi connectivity index (χ1v) is 7.36. The number of halogens is 4. The number of hydrogen-bond donors (Lipinski definition) is 1. The summed E-state index contributed by atoms with van der Waals surface area (Å²) in [4.78, 5) is 2.35. The van der Waals surface area contributed by atoms with E-state index in [0.29, 0.717) is 5.02 Å². The van der Waals surface area contributed by atoms with Gasteiger partial charge in [0.15, 0.2) is 0 Å². The molecule has 0 saturated carbocycles. The Morgan fingerprint density at radius 2 is 1.90 bits per heavy atom. The first kappa shape index (κ1) is 18.0. The highest BCUT2D eigenvalue weighted by molar-refractivity contribution is 6.42. The van der Waals surface area contributed by atoms with Crippen LogP contribution in [0.25, 0.3) is 0 Å². The third kappa shape index (κ3) is 4.47. The second kappa shape index (κ2) is 8.40. The van der Waals surface area contributed by atoms with Crippen LogP contribution in [0.1, 0.15) is 18.4 Å². The minimum absolute atomic E-state index is 0. The Hall–Kier alpha value is -0.0600. The van der Waals surface area contributed by atoms with Gasteiger partial charge in [-0.05, 0) is 57.1 Å². The Labute approximate surface area is 136 Å². The lowest BCUT2D eigenvalue weighted by Gasteiger charge is -2.32. The zero-order valence-corrected chi connectivity index (χ0v) is 13.8. The Bertz CT molecular complexity index is 435. The molecule has 1 N–H and O–H groups in total. The van der Waals surface area contributed by atoms with Crippen molar-refractivity contribution in [3.63, 3.8) is 0 Å². The van der Waals surface area contributed by atoms with E-state index in [1.54, 1.807) is 6.07 Å². The average Bonchev–Trinajstić information content (AvgIpc) is 2.42. The molecule has 114 valence electrons. The van der Waals surface area contributed by atoms with E-state index in [1.165, 1.54) is 18.9 Å². The van der Waals surface area contributed by atoms with Crippen molar-refractivity contribution < 1.29 is 4.39 Å². The average molecular weight is 342 g/mol. The van der Waals surface area contributed by atoms with E-state index in [1.807, 2.05) is 7.05 Å². The molecular formula is C14H20Cl3FN2. The molecule has 1 saturated heterocycles. The van der Waals surface area contributed by atoms with Crippen molar-refractivity contribution in [1.29, 1.82) is 0 Å². The molecule has 1 fully saturated rings. The van der Waals surface area contributed by atoms with Crippen molar-refractivity contribution in [1.82, 2.24) is 10.2 Å². The van der Waals surface area contributed by atoms with Gasteiger partial charge in [-0.15, -0.1) is 12.4 Å². The molecule has 0 spiro atoms. The van der Waals surface area contributed by atoms with Gasteiger partial charge in [-0.3, -0.25) is 4.90 Å². The van der Waals surface area contributed by atoms with Crippen molar-refractivity contribution >= 4 is 35.6 Å². The molecule has 1 aliphatic rings. The SMILES string of the molecule is CNCC1CCN(Cc2ccc(F)c(Cl)c2Cl)CC1.Cl. The first-order valence-electron chi connectivity index (χ1n) is 6.61. The first-order chi connectivity index (χ1) is 9.11. The summed E-state index contributed by atoms with van der Waals surface area (Å²) < 4.78 is 13.2. The van der Waals surface area contributed by atoms with E-state index in [9.17, 15) is 4.39 Å². The molecule has 1 heterocycles. The third-order valence-electron chi connectivity index (χ3n) is 3.71. The number of rotatable bonds is 4. The molecule has 20 heavy (non-hydrogen) atoms. The van der Waals surface area contributed by atoms with Crippen LogP contribution in [0.3, 0.4) is 0 Å². The lowest BCUT2D eigenvalue weighted by atomic mass is 9.96. The molecule has 1 aliphatic heterocycles. The summed E-state index contributed by atoms with van der Waals surface area (Å²) in [6.45, 7) is 3.93. The fraction of sp³-hybridized carbons (Fsp3) is 0.571. The molecule has 1 aromatic rings. The van der Waals surface area contributed by atoms with Gasteiger partial charge in [0, 0.05) is 6.54 Å². The van der Waals surface area contributed by atoms with E-state index < -0.39 is 5.82 Å². The van der Waals surface area contributed by atoms with Crippen LogP contribution in [0.5, 0.6) is 0 Å². The zero-order valence-electron chi connectivity index (χ0n) is 11.5. The van der Waals surface area contributed by atoms with E-state index in [2.05, 4.69) is 10.2 Å². The van der Waals surface area contributed by atoms with Crippen molar-refractivity contribution in [2.45, 2.75) is 19.4 Å². The van der Waals surface area contributed by atoms with Crippen LogP contribution in [0.15, 0.2) is 12.1 Å². The predicted molar refractivity (Wildman–Crippen MR) is 85.6 cm³/mol. The van der Waals surface area contributed by atoms with E-state index >= 15 is 0 Å². The second-order valence-corrected chi connectivity index (χ2v) is 5.87. The fourth-order valence-corrected chi connectivity index (χ4v) is 2.96. The summed E-state index contributed by atoms with van der Waals surface area (Å²) in [5.74, 6) is 0.302. The van der Waals surface area contributed by atoms with Crippen LogP contribution in [0.2, 0.25) is 10.0 Å². The largest absolute Gasteiger partial charge is 0.319 e. The summed E-state index contributed by atoms with van der Waals surface area (Å²) in [5.41, 5.74) is 0.903. The molecule has 0 aromatic heterocycles. The van der Waals surface area contributed by atoms with Gasteiger partial charge in [-0.25, -0.2) is 4.39 Å². The summed E-state index contributed by atoms with van der Waals surface area (Å²) in [6, 6.07) is 3.11. The molecule has 2 nitrogen and oxygen atoms in total. The van der Waals surface area contributed by atoms with Crippen LogP contribution in [0.4, 0.5) is 4.39 Å². The Kier molecular flexibility index (Phi) is 7.56. The smallest absolute Gasteiger partial charge is 0.143 e. The molecular weight excluding hydrogens is 322 g/mol. The highest BCUT2D eigenvalue weighted by Crippen LogP contribution is 2.30. The minimum Gasteiger partial charge on any atom is -0.319 e. The molecule has 1 aromatic carbocycles. The summed E-state index contributed by atoms with van der Waals surface area (Å²) in [6.07, 6.45) is 2.38. The van der Waals surface area contributed by atoms with Crippen molar-refractivity contribution in [2.24, 2.45) is 5.92 Å². The Morgan fingerprint density at radius 1 is 1.25 bits per heavy atom. The molecule has 0 radical (unpaired) electrons. The van der Waals surface area contributed by atoms with E-state index in [-0.39, 0.29) is 17.4 Å². The summed E-state index contributed by atoms with van der Waals surface area (Å²) >= 11 is 11.9. The minimum atomic E-state index is -0.455. The monoisotopic (exact) mass is 340 g/mol. The molecule has 0 aliphatic carbocycles. The van der Waals surface area contributed by atoms with Crippen LogP contribution >= 0.6 is 35.6 Å². The number of hydrogen-bond acceptors (Lipinski definition) is 2. The number of benzene rings is 1. The lowest BCUT2D eigenvalue weighted by Crippen LogP contribution is -2.36. The van der Waals surface area contributed by atoms with Crippen molar-refractivity contribution in [3.8, 4) is 0 Å². The van der Waals surface area contributed by atoms with Gasteiger partial charge in [0.2, 0.25) is 0 Å². The molecule has 0 unspecified atom stereocenters. The number of piperidine rings is 1. The Balaban J connectivity index is 0.00000200. The van der Waals surface area contributed by atoms with Crippen LogP contribution in [0, 0.1) is 11.7 Å². The number of likely N-dealkylation sites (tertiary alicyclic amines) is 1. The highest BCUT2D eigenvalue weighted by Gasteiger charge is 2.20. The lowest BCUT2D eigenvalue weighted by molar-refractivity contribution is 0.177. The molecule has 0 amide bonds. The van der Waals surface area contributed by atoms with Gasteiger partial charge in [0.05, 0.1) is 10.0 Å². The van der Waals surface area contributed by atoms with E-state index in [0.717, 1.165) is 37.7 Å². The fourth-order valence-electron chi connectivity index (χ4n) is 2.57. The van der Waals surface area contributed by atoms with Gasteiger partial charge in [0.25, 0.3) is 0 Å². The van der Waals surface area contributed by atoms with Crippen LogP contribution in [-0.4, -0.2) is 31.6 Å². The quantitative estimate of drug-likeness (QED) is 0.833. The van der Waals surface area contributed by atoms with Crippen LogP contribution < -0.4 is 5.32 Å². The van der Waals surface area contributed by atoms with Gasteiger partial charge < -0.3 is 5.32 Å². The molecule has 2 rings (SSSR count). The molecule has 0 bridgehead atoms. The standard InChI is InChI=1S/C14H19Cl2FN2.ClH/c1-18-8-10-4-6-19(7-5-10)9-11-2-3-12(17)14(16)13(11)15;/h2-3,10,18H,4-9H2,1H3;1H. The topological polar surface area (TPSA) is 15.3 Å². The molecule has 0 atom stereocenters. The number of nitrogens with one attached hydrogen (secondary N) is 1. The predicted octanol–water partition coefficient (Wildman–Crippen LogP) is 3.99. The molecule has 6 heteroatoms. The Morgan fingerprint density at radius 3 is 2.50 bits per heavy atom. The van der Waals surface area contributed by atoms with Gasteiger partial charge >= 0.3 is 0 Å². The third-order valence-corrected chi connectivity index (χ3v) is 4.61. The van der Waals surface area contributed by atoms with Gasteiger partial charge in [-0.2, -0.15) is 0 Å². The maximum Gasteiger partial charge on any atom is 0.143 e. The summed E-state index contributed by atoms with van der Waals surface area (Å²) in [5, 5.41) is 3.60. The second-order valence-electron chi connectivity index (χ2n) is 5.11. The summed E-state index contributed by atoms with van der Waals surface area (Å²) in [7, 11) is 1.99.